The number of hydrogen-bond acceptors (Lipinski definition) is 5. The first-order valence-electron chi connectivity index (χ1n) is 5.61. The van der Waals surface area contributed by atoms with Crippen molar-refractivity contribution in [1.82, 2.24) is 9.97 Å². The standard InChI is InChI=1S/C11H20N4O/c1-4-9(16)5-6-13-10-7-8(2)14-11(12-3)15-10/h7,9,16H,4-6H2,1-3H3,(H2,12,13,14,15). The maximum absolute atomic E-state index is 9.41. The molecule has 1 rings (SSSR count). The molecule has 0 saturated carbocycles. The van der Waals surface area contributed by atoms with Crippen molar-refractivity contribution in [1.29, 1.82) is 0 Å². The Morgan fingerprint density at radius 1 is 1.44 bits per heavy atom. The van der Waals surface area contributed by atoms with Crippen molar-refractivity contribution in [3.05, 3.63) is 11.8 Å². The van der Waals surface area contributed by atoms with Crippen molar-refractivity contribution in [2.45, 2.75) is 32.8 Å². The Morgan fingerprint density at radius 2 is 2.19 bits per heavy atom. The third-order valence-corrected chi connectivity index (χ3v) is 2.33. The second-order valence-electron chi connectivity index (χ2n) is 3.75. The summed E-state index contributed by atoms with van der Waals surface area (Å²) < 4.78 is 0. The number of aromatic nitrogens is 2. The van der Waals surface area contributed by atoms with Gasteiger partial charge in [0.15, 0.2) is 0 Å². The molecule has 1 atom stereocenters. The Kier molecular flexibility index (Phi) is 4.98. The normalized spacial score (nSPS) is 12.2. The third-order valence-electron chi connectivity index (χ3n) is 2.33. The minimum Gasteiger partial charge on any atom is -0.393 e. The zero-order valence-corrected chi connectivity index (χ0v) is 10.1. The molecule has 0 radical (unpaired) electrons. The van der Waals surface area contributed by atoms with Gasteiger partial charge in [-0.1, -0.05) is 6.92 Å². The summed E-state index contributed by atoms with van der Waals surface area (Å²) in [5.74, 6) is 1.40. The van der Waals surface area contributed by atoms with Crippen molar-refractivity contribution in [2.75, 3.05) is 24.2 Å². The summed E-state index contributed by atoms with van der Waals surface area (Å²) in [6.45, 7) is 4.61. The topological polar surface area (TPSA) is 70.1 Å². The van der Waals surface area contributed by atoms with Gasteiger partial charge in [-0.25, -0.2) is 4.98 Å². The van der Waals surface area contributed by atoms with E-state index in [2.05, 4.69) is 20.6 Å². The molecule has 1 heterocycles. The van der Waals surface area contributed by atoms with Gasteiger partial charge < -0.3 is 15.7 Å². The van der Waals surface area contributed by atoms with Crippen molar-refractivity contribution in [2.24, 2.45) is 0 Å². The van der Waals surface area contributed by atoms with E-state index in [9.17, 15) is 5.11 Å². The number of rotatable bonds is 6. The van der Waals surface area contributed by atoms with Gasteiger partial charge in [0, 0.05) is 25.4 Å². The van der Waals surface area contributed by atoms with Gasteiger partial charge in [0.2, 0.25) is 5.95 Å². The molecule has 5 nitrogen and oxygen atoms in total. The second-order valence-corrected chi connectivity index (χ2v) is 3.75. The largest absolute Gasteiger partial charge is 0.393 e. The van der Waals surface area contributed by atoms with Gasteiger partial charge in [-0.3, -0.25) is 0 Å². The molecule has 0 aliphatic heterocycles. The van der Waals surface area contributed by atoms with E-state index < -0.39 is 0 Å². The van der Waals surface area contributed by atoms with Crippen LogP contribution in [0.2, 0.25) is 0 Å². The quantitative estimate of drug-likeness (QED) is 0.681. The average molecular weight is 224 g/mol. The fourth-order valence-corrected chi connectivity index (χ4v) is 1.34. The predicted molar refractivity (Wildman–Crippen MR) is 65.7 cm³/mol. The molecule has 0 aliphatic rings. The molecule has 1 unspecified atom stereocenters. The molecule has 1 aromatic heterocycles. The van der Waals surface area contributed by atoms with Crippen LogP contribution in [0.5, 0.6) is 0 Å². The number of aliphatic hydroxyl groups is 1. The minimum absolute atomic E-state index is 0.237. The van der Waals surface area contributed by atoms with Crippen LogP contribution in [0.3, 0.4) is 0 Å². The number of hydrogen-bond donors (Lipinski definition) is 3. The predicted octanol–water partition coefficient (Wildman–Crippen LogP) is 1.40. The van der Waals surface area contributed by atoms with Crippen molar-refractivity contribution >= 4 is 11.8 Å². The van der Waals surface area contributed by atoms with E-state index in [4.69, 9.17) is 0 Å². The lowest BCUT2D eigenvalue weighted by Crippen LogP contribution is -2.13. The van der Waals surface area contributed by atoms with Crippen LogP contribution >= 0.6 is 0 Å². The number of nitrogens with one attached hydrogen (secondary N) is 2. The molecule has 90 valence electrons. The lowest BCUT2D eigenvalue weighted by atomic mass is 10.2. The van der Waals surface area contributed by atoms with E-state index in [1.165, 1.54) is 0 Å². The highest BCUT2D eigenvalue weighted by Crippen LogP contribution is 2.09. The Labute approximate surface area is 96.3 Å². The van der Waals surface area contributed by atoms with Crippen LogP contribution in [0.4, 0.5) is 11.8 Å². The summed E-state index contributed by atoms with van der Waals surface area (Å²) in [6, 6.07) is 1.89. The highest BCUT2D eigenvalue weighted by molar-refractivity contribution is 5.41. The van der Waals surface area contributed by atoms with Crippen LogP contribution in [0.1, 0.15) is 25.5 Å². The molecule has 0 bridgehead atoms. The van der Waals surface area contributed by atoms with Crippen molar-refractivity contribution < 1.29 is 5.11 Å². The van der Waals surface area contributed by atoms with Gasteiger partial charge in [-0.05, 0) is 19.8 Å². The van der Waals surface area contributed by atoms with Gasteiger partial charge in [-0.15, -0.1) is 0 Å². The van der Waals surface area contributed by atoms with E-state index in [1.807, 2.05) is 19.9 Å². The van der Waals surface area contributed by atoms with Crippen LogP contribution in [-0.4, -0.2) is 34.8 Å². The first kappa shape index (κ1) is 12.7. The first-order valence-corrected chi connectivity index (χ1v) is 5.61. The van der Waals surface area contributed by atoms with Gasteiger partial charge >= 0.3 is 0 Å². The molecule has 1 aromatic rings. The molecule has 0 spiro atoms. The van der Waals surface area contributed by atoms with Crippen molar-refractivity contribution in [3.63, 3.8) is 0 Å². The molecule has 3 N–H and O–H groups in total. The minimum atomic E-state index is -0.237. The van der Waals surface area contributed by atoms with Crippen molar-refractivity contribution in [3.8, 4) is 0 Å². The van der Waals surface area contributed by atoms with Crippen LogP contribution in [0.15, 0.2) is 6.07 Å². The SMILES string of the molecule is CCC(O)CCNc1cc(C)nc(NC)n1. The van der Waals surface area contributed by atoms with Crippen LogP contribution in [-0.2, 0) is 0 Å². The summed E-state index contributed by atoms with van der Waals surface area (Å²) in [7, 11) is 1.79. The van der Waals surface area contributed by atoms with Crippen LogP contribution < -0.4 is 10.6 Å². The maximum Gasteiger partial charge on any atom is 0.224 e. The molecule has 0 amide bonds. The summed E-state index contributed by atoms with van der Waals surface area (Å²) in [6.07, 6.45) is 1.28. The Balaban J connectivity index is 2.50. The number of nitrogens with zero attached hydrogens (tertiary/aromatic N) is 2. The highest BCUT2D eigenvalue weighted by atomic mass is 16.3. The van der Waals surface area contributed by atoms with Crippen LogP contribution in [0, 0.1) is 6.92 Å². The second kappa shape index (κ2) is 6.27. The van der Waals surface area contributed by atoms with E-state index in [0.717, 1.165) is 24.4 Å². The van der Waals surface area contributed by atoms with E-state index in [-0.39, 0.29) is 6.10 Å². The summed E-state index contributed by atoms with van der Waals surface area (Å²) in [5.41, 5.74) is 0.915. The Bertz CT molecular complexity index is 330. The third kappa shape index (κ3) is 4.02. The number of aliphatic hydroxyl groups excluding tert-OH is 1. The molecular formula is C11H20N4O. The lowest BCUT2D eigenvalue weighted by Gasteiger charge is -2.10. The number of anilines is 2. The summed E-state index contributed by atoms with van der Waals surface area (Å²) in [4.78, 5) is 8.46. The van der Waals surface area contributed by atoms with E-state index in [0.29, 0.717) is 12.5 Å². The van der Waals surface area contributed by atoms with Gasteiger partial charge in [0.05, 0.1) is 6.10 Å². The van der Waals surface area contributed by atoms with E-state index >= 15 is 0 Å². The number of aryl methyl sites for hydroxylation is 1. The van der Waals surface area contributed by atoms with Crippen LogP contribution in [0.25, 0.3) is 0 Å². The van der Waals surface area contributed by atoms with Gasteiger partial charge in [-0.2, -0.15) is 4.98 Å². The fourth-order valence-electron chi connectivity index (χ4n) is 1.34. The zero-order valence-electron chi connectivity index (χ0n) is 10.1. The van der Waals surface area contributed by atoms with E-state index in [1.54, 1.807) is 7.05 Å². The average Bonchev–Trinajstić information content (AvgIpc) is 2.28. The molecule has 0 aromatic carbocycles. The zero-order chi connectivity index (χ0) is 12.0. The monoisotopic (exact) mass is 224 g/mol. The molecule has 0 fully saturated rings. The Hall–Kier alpha value is -1.36. The molecule has 5 heteroatoms. The summed E-state index contributed by atoms with van der Waals surface area (Å²) in [5, 5.41) is 15.5. The fraction of sp³-hybridized carbons (Fsp3) is 0.636. The lowest BCUT2D eigenvalue weighted by molar-refractivity contribution is 0.164. The molecule has 0 saturated heterocycles. The molecular weight excluding hydrogens is 204 g/mol. The van der Waals surface area contributed by atoms with Gasteiger partial charge in [0.1, 0.15) is 5.82 Å². The Morgan fingerprint density at radius 3 is 2.81 bits per heavy atom. The maximum atomic E-state index is 9.41. The highest BCUT2D eigenvalue weighted by Gasteiger charge is 2.02. The smallest absolute Gasteiger partial charge is 0.224 e. The molecule has 0 aliphatic carbocycles. The molecule has 16 heavy (non-hydrogen) atoms. The van der Waals surface area contributed by atoms with Gasteiger partial charge in [0.25, 0.3) is 0 Å². The summed E-state index contributed by atoms with van der Waals surface area (Å²) >= 11 is 0. The first-order chi connectivity index (χ1) is 7.65.